The van der Waals surface area contributed by atoms with E-state index in [0.717, 1.165) is 4.90 Å². The summed E-state index contributed by atoms with van der Waals surface area (Å²) in [4.78, 5) is 30.2. The van der Waals surface area contributed by atoms with Crippen LogP contribution in [0.1, 0.15) is 59.2 Å². The molecule has 2 N–H and O–H groups in total. The molecule has 3 aromatic heterocycles. The van der Waals surface area contributed by atoms with Crippen LogP contribution in [0.3, 0.4) is 0 Å². The van der Waals surface area contributed by atoms with E-state index in [4.69, 9.17) is 0 Å². The molecule has 1 atom stereocenters. The maximum atomic E-state index is 13.7. The number of carbonyl (C=O) groups is 2. The molecule has 12 nitrogen and oxygen atoms in total. The summed E-state index contributed by atoms with van der Waals surface area (Å²) in [6.07, 6.45) is -1.77. The van der Waals surface area contributed by atoms with Gasteiger partial charge in [0.25, 0.3) is 11.8 Å². The van der Waals surface area contributed by atoms with Crippen LogP contribution in [0.15, 0.2) is 23.1 Å². The van der Waals surface area contributed by atoms with Gasteiger partial charge in [0.1, 0.15) is 5.69 Å². The monoisotopic (exact) mass is 588 g/mol. The minimum Gasteiger partial charge on any atom is -0.388 e. The summed E-state index contributed by atoms with van der Waals surface area (Å²) in [6, 6.07) is -0.0341. The highest BCUT2D eigenvalue weighted by atomic mass is 19.4. The minimum atomic E-state index is -4.36. The second kappa shape index (κ2) is 11.5. The van der Waals surface area contributed by atoms with Gasteiger partial charge in [-0.15, -0.1) is 0 Å². The average molecular weight is 589 g/mol. The predicted octanol–water partition coefficient (Wildman–Crippen LogP) is 3.44. The highest BCUT2D eigenvalue weighted by molar-refractivity contribution is 5.93. The molecule has 0 bridgehead atoms. The van der Waals surface area contributed by atoms with E-state index in [2.05, 4.69) is 40.4 Å². The molecule has 1 aliphatic carbocycles. The van der Waals surface area contributed by atoms with Crippen molar-refractivity contribution in [1.29, 1.82) is 0 Å². The molecule has 17 heteroatoms. The fourth-order valence-corrected chi connectivity index (χ4v) is 4.47. The van der Waals surface area contributed by atoms with Gasteiger partial charge < -0.3 is 20.3 Å². The number of fused-ring (bicyclic) bond motifs is 1. The van der Waals surface area contributed by atoms with E-state index in [1.165, 1.54) is 29.9 Å². The standard InChI is InChI=1S/C22H23F5N8O3.C2H6O/c1-12-17(33-38-32-12)18(36)31-14(2-3-20(4-5-20)22(25,26)27)15-9-35-16(30-15)6-13(7-29-35)8-34-11-21(23,24)10-28-19(34)37;1-3-2/h6-7,9,14H,2-5,8,10-11H2,1H3,(H,28,37)(H,31,36);1-2H3. The number of halogens is 5. The summed E-state index contributed by atoms with van der Waals surface area (Å²) in [6.45, 7) is -0.150. The quantitative estimate of drug-likeness (QED) is 0.382. The van der Waals surface area contributed by atoms with E-state index in [1.807, 2.05) is 0 Å². The van der Waals surface area contributed by atoms with Crippen molar-refractivity contribution < 1.29 is 40.9 Å². The number of aromatic nitrogens is 5. The normalized spacial score (nSPS) is 18.3. The van der Waals surface area contributed by atoms with Gasteiger partial charge in [-0.1, -0.05) is 5.16 Å². The van der Waals surface area contributed by atoms with Crippen LogP contribution in [0.5, 0.6) is 0 Å². The van der Waals surface area contributed by atoms with Crippen molar-refractivity contribution in [2.45, 2.75) is 57.3 Å². The maximum absolute atomic E-state index is 13.7. The Hall–Kier alpha value is -3.89. The van der Waals surface area contributed by atoms with Crippen LogP contribution in [0, 0.1) is 12.3 Å². The average Bonchev–Trinajstić information content (AvgIpc) is 3.40. The Labute approximate surface area is 230 Å². The third-order valence-electron chi connectivity index (χ3n) is 6.87. The lowest BCUT2D eigenvalue weighted by Crippen LogP contribution is -2.56. The second-order valence-corrected chi connectivity index (χ2v) is 10.2. The van der Waals surface area contributed by atoms with Gasteiger partial charge in [0.2, 0.25) is 0 Å². The van der Waals surface area contributed by atoms with Crippen molar-refractivity contribution in [2.24, 2.45) is 5.41 Å². The van der Waals surface area contributed by atoms with Crippen LogP contribution in [0.4, 0.5) is 26.7 Å². The van der Waals surface area contributed by atoms with Gasteiger partial charge >= 0.3 is 12.2 Å². The highest BCUT2D eigenvalue weighted by Crippen LogP contribution is 2.61. The van der Waals surface area contributed by atoms with Gasteiger partial charge in [0.05, 0.1) is 42.6 Å². The third-order valence-corrected chi connectivity index (χ3v) is 6.87. The molecule has 224 valence electrons. The fourth-order valence-electron chi connectivity index (χ4n) is 4.47. The Morgan fingerprint density at radius 3 is 2.59 bits per heavy atom. The Morgan fingerprint density at radius 1 is 1.27 bits per heavy atom. The molecule has 3 aromatic rings. The number of carbonyl (C=O) groups excluding carboxylic acids is 2. The third kappa shape index (κ3) is 6.89. The molecular weight excluding hydrogens is 559 g/mol. The van der Waals surface area contributed by atoms with Crippen LogP contribution in [-0.4, -0.2) is 81.2 Å². The van der Waals surface area contributed by atoms with E-state index < -0.39 is 48.6 Å². The summed E-state index contributed by atoms with van der Waals surface area (Å²) < 4.78 is 78.2. The first-order valence-electron chi connectivity index (χ1n) is 12.6. The van der Waals surface area contributed by atoms with E-state index >= 15 is 0 Å². The lowest BCUT2D eigenvalue weighted by atomic mass is 9.95. The molecule has 3 amide bonds. The number of methoxy groups -OCH3 is 1. The zero-order valence-corrected chi connectivity index (χ0v) is 22.5. The van der Waals surface area contributed by atoms with Crippen LogP contribution < -0.4 is 10.6 Å². The van der Waals surface area contributed by atoms with E-state index in [1.54, 1.807) is 14.2 Å². The lowest BCUT2D eigenvalue weighted by Gasteiger charge is -2.32. The van der Waals surface area contributed by atoms with Gasteiger partial charge in [0, 0.05) is 20.8 Å². The topological polar surface area (TPSA) is 140 Å². The molecule has 4 heterocycles. The number of ether oxygens (including phenoxy) is 1. The van der Waals surface area contributed by atoms with Crippen molar-refractivity contribution in [3.63, 3.8) is 0 Å². The number of nitrogens with zero attached hydrogens (tertiary/aromatic N) is 6. The number of alkyl halides is 5. The number of hydrogen-bond acceptors (Lipinski definition) is 8. The zero-order valence-electron chi connectivity index (χ0n) is 22.5. The van der Waals surface area contributed by atoms with Crippen molar-refractivity contribution in [3.8, 4) is 0 Å². The summed E-state index contributed by atoms with van der Waals surface area (Å²) in [5, 5.41) is 16.1. The smallest absolute Gasteiger partial charge is 0.388 e. The Morgan fingerprint density at radius 2 is 1.98 bits per heavy atom. The number of nitrogens with one attached hydrogen (secondary N) is 2. The number of imidazole rings is 1. The van der Waals surface area contributed by atoms with Crippen LogP contribution >= 0.6 is 0 Å². The van der Waals surface area contributed by atoms with Crippen LogP contribution in [0.25, 0.3) is 5.65 Å². The predicted molar refractivity (Wildman–Crippen MR) is 131 cm³/mol. The molecule has 0 radical (unpaired) electrons. The minimum absolute atomic E-state index is 0.0166. The first-order chi connectivity index (χ1) is 19.3. The molecule has 1 aliphatic heterocycles. The molecule has 5 rings (SSSR count). The lowest BCUT2D eigenvalue weighted by molar-refractivity contribution is -0.189. The largest absolute Gasteiger partial charge is 0.394 e. The number of hydrogen-bond donors (Lipinski definition) is 2. The number of amides is 3. The molecule has 1 saturated carbocycles. The molecule has 2 aliphatic rings. The van der Waals surface area contributed by atoms with Gasteiger partial charge in [-0.25, -0.2) is 27.7 Å². The summed E-state index contributed by atoms with van der Waals surface area (Å²) >= 11 is 0. The summed E-state index contributed by atoms with van der Waals surface area (Å²) in [5.74, 6) is -3.77. The molecule has 2 fully saturated rings. The van der Waals surface area contributed by atoms with Gasteiger partial charge in [-0.3, -0.25) is 4.79 Å². The van der Waals surface area contributed by atoms with Crippen LogP contribution in [0.2, 0.25) is 0 Å². The maximum Gasteiger partial charge on any atom is 0.394 e. The van der Waals surface area contributed by atoms with Crippen molar-refractivity contribution in [2.75, 3.05) is 27.3 Å². The Kier molecular flexibility index (Phi) is 8.46. The van der Waals surface area contributed by atoms with Crippen molar-refractivity contribution >= 4 is 17.6 Å². The molecule has 41 heavy (non-hydrogen) atoms. The van der Waals surface area contributed by atoms with Gasteiger partial charge in [-0.05, 0) is 49.4 Å². The molecule has 1 saturated heterocycles. The molecular formula is C24H29F5N8O4. The zero-order chi connectivity index (χ0) is 30.0. The second-order valence-electron chi connectivity index (χ2n) is 10.2. The summed E-state index contributed by atoms with van der Waals surface area (Å²) in [7, 11) is 3.25. The molecule has 0 spiro atoms. The highest BCUT2D eigenvalue weighted by Gasteiger charge is 2.62. The number of urea groups is 1. The molecule has 1 unspecified atom stereocenters. The van der Waals surface area contributed by atoms with E-state index in [9.17, 15) is 31.5 Å². The first kappa shape index (κ1) is 30.1. The van der Waals surface area contributed by atoms with Crippen LogP contribution in [-0.2, 0) is 11.3 Å². The summed E-state index contributed by atoms with van der Waals surface area (Å²) in [5.41, 5.74) is -0.754. The SMILES string of the molecule is COC.Cc1nonc1C(=O)NC(CCC1(C(F)(F)F)CC1)c1cn2ncc(CN3CC(F)(F)CNC3=O)cc2n1. The number of aryl methyl sites for hydroxylation is 1. The van der Waals surface area contributed by atoms with Crippen molar-refractivity contribution in [1.82, 2.24) is 40.4 Å². The Bertz CT molecular complexity index is 1390. The molecule has 0 aromatic carbocycles. The van der Waals surface area contributed by atoms with Gasteiger partial charge in [0.15, 0.2) is 11.3 Å². The van der Waals surface area contributed by atoms with Crippen molar-refractivity contribution in [3.05, 3.63) is 41.1 Å². The first-order valence-corrected chi connectivity index (χ1v) is 12.6. The fraction of sp³-hybridized carbons (Fsp3) is 0.583. The van der Waals surface area contributed by atoms with Gasteiger partial charge in [-0.2, -0.15) is 18.3 Å². The van der Waals surface area contributed by atoms with E-state index in [0.29, 0.717) is 5.56 Å². The number of rotatable bonds is 8. The Balaban J connectivity index is 0.00000124. The van der Waals surface area contributed by atoms with E-state index in [-0.39, 0.29) is 55.0 Å².